The highest BCUT2D eigenvalue weighted by molar-refractivity contribution is 5.82. The Hall–Kier alpha value is -1.83. The number of rotatable bonds is 3. The first-order valence-corrected chi connectivity index (χ1v) is 3.87. The van der Waals surface area contributed by atoms with Crippen molar-refractivity contribution in [1.29, 1.82) is 0 Å². The molecule has 1 rings (SSSR count). The van der Waals surface area contributed by atoms with Crippen LogP contribution in [0.2, 0.25) is 0 Å². The van der Waals surface area contributed by atoms with Crippen LogP contribution in [0.25, 0.3) is 6.08 Å². The van der Waals surface area contributed by atoms with Gasteiger partial charge >= 0.3 is 5.97 Å². The minimum Gasteiger partial charge on any atom is -0.431 e. The van der Waals surface area contributed by atoms with Gasteiger partial charge in [0.15, 0.2) is 0 Å². The van der Waals surface area contributed by atoms with Crippen molar-refractivity contribution >= 4 is 12.0 Å². The average Bonchev–Trinajstić information content (AvgIpc) is 2.19. The van der Waals surface area contributed by atoms with E-state index in [1.54, 1.807) is 6.08 Å². The summed E-state index contributed by atoms with van der Waals surface area (Å²) in [6.45, 7) is 3.28. The topological polar surface area (TPSA) is 26.3 Å². The van der Waals surface area contributed by atoms with Gasteiger partial charge in [-0.2, -0.15) is 0 Å². The Labute approximate surface area is 77.2 Å². The highest BCUT2D eigenvalue weighted by Gasteiger charge is 1.88. The Balaban J connectivity index is 2.50. The van der Waals surface area contributed by atoms with Crippen molar-refractivity contribution in [2.75, 3.05) is 0 Å². The third kappa shape index (κ3) is 3.38. The molecule has 0 saturated carbocycles. The number of carbonyl (C=O) groups is 1. The molecule has 0 spiro atoms. The van der Waals surface area contributed by atoms with Crippen LogP contribution in [0.3, 0.4) is 0 Å². The largest absolute Gasteiger partial charge is 0.431 e. The Morgan fingerprint density at radius 3 is 2.62 bits per heavy atom. The van der Waals surface area contributed by atoms with E-state index in [0.717, 1.165) is 11.6 Å². The lowest BCUT2D eigenvalue weighted by Crippen LogP contribution is -1.91. The molecule has 0 aromatic heterocycles. The molecule has 0 aliphatic carbocycles. The number of esters is 1. The maximum Gasteiger partial charge on any atom is 0.334 e. The molecule has 0 atom stereocenters. The maximum atomic E-state index is 10.6. The van der Waals surface area contributed by atoms with Gasteiger partial charge in [-0.25, -0.2) is 4.79 Å². The number of ether oxygens (including phenoxy) is 1. The van der Waals surface area contributed by atoms with Gasteiger partial charge in [-0.05, 0) is 11.6 Å². The number of benzene rings is 1. The van der Waals surface area contributed by atoms with Crippen LogP contribution < -0.4 is 0 Å². The molecule has 0 fully saturated rings. The Morgan fingerprint density at radius 2 is 2.00 bits per heavy atom. The summed E-state index contributed by atoms with van der Waals surface area (Å²) in [7, 11) is 0. The normalized spacial score (nSPS) is 9.85. The summed E-state index contributed by atoms with van der Waals surface area (Å²) in [5.41, 5.74) is 0.986. The van der Waals surface area contributed by atoms with Gasteiger partial charge in [0.1, 0.15) is 0 Å². The molecular formula is C11H10O2. The molecule has 0 N–H and O–H groups in total. The molecule has 1 aromatic carbocycles. The average molecular weight is 174 g/mol. The number of carbonyl (C=O) groups excluding carboxylic acids is 1. The number of hydrogen-bond acceptors (Lipinski definition) is 2. The summed E-state index contributed by atoms with van der Waals surface area (Å²) in [6.07, 6.45) is 4.18. The minimum absolute atomic E-state index is 0.452. The predicted molar refractivity (Wildman–Crippen MR) is 51.8 cm³/mol. The third-order valence-electron chi connectivity index (χ3n) is 1.41. The molecule has 13 heavy (non-hydrogen) atoms. The predicted octanol–water partition coefficient (Wildman–Crippen LogP) is 2.39. The van der Waals surface area contributed by atoms with Crippen molar-refractivity contribution < 1.29 is 9.53 Å². The lowest BCUT2D eigenvalue weighted by Gasteiger charge is -1.92. The van der Waals surface area contributed by atoms with E-state index in [4.69, 9.17) is 0 Å². The molecule has 0 saturated heterocycles. The van der Waals surface area contributed by atoms with Crippen LogP contribution in [-0.4, -0.2) is 5.97 Å². The molecule has 2 nitrogen and oxygen atoms in total. The molecular weight excluding hydrogens is 164 g/mol. The summed E-state index contributed by atoms with van der Waals surface area (Å²) in [6, 6.07) is 9.58. The van der Waals surface area contributed by atoms with Crippen LogP contribution in [0.4, 0.5) is 0 Å². The summed E-state index contributed by atoms with van der Waals surface area (Å²) < 4.78 is 4.66. The summed E-state index contributed by atoms with van der Waals surface area (Å²) >= 11 is 0. The van der Waals surface area contributed by atoms with E-state index >= 15 is 0 Å². The van der Waals surface area contributed by atoms with Gasteiger partial charge in [-0.3, -0.25) is 0 Å². The van der Waals surface area contributed by atoms with Crippen molar-refractivity contribution in [1.82, 2.24) is 0 Å². The molecule has 0 bridgehead atoms. The van der Waals surface area contributed by atoms with Gasteiger partial charge in [0, 0.05) is 6.08 Å². The van der Waals surface area contributed by atoms with Crippen LogP contribution in [0.5, 0.6) is 0 Å². The first kappa shape index (κ1) is 9.26. The first-order valence-electron chi connectivity index (χ1n) is 3.87. The van der Waals surface area contributed by atoms with Crippen LogP contribution in [-0.2, 0) is 9.53 Å². The fourth-order valence-electron chi connectivity index (χ4n) is 0.792. The number of hydrogen-bond donors (Lipinski definition) is 0. The maximum absolute atomic E-state index is 10.6. The van der Waals surface area contributed by atoms with Crippen molar-refractivity contribution in [3.8, 4) is 0 Å². The lowest BCUT2D eigenvalue weighted by atomic mass is 10.2. The fraction of sp³-hybridized carbons (Fsp3) is 0. The van der Waals surface area contributed by atoms with Gasteiger partial charge in [0.25, 0.3) is 0 Å². The highest BCUT2D eigenvalue weighted by atomic mass is 16.5. The van der Waals surface area contributed by atoms with E-state index in [1.165, 1.54) is 6.26 Å². The molecule has 0 amide bonds. The van der Waals surface area contributed by atoms with Crippen LogP contribution in [0, 0.1) is 0 Å². The van der Waals surface area contributed by atoms with Gasteiger partial charge in [-0.1, -0.05) is 36.9 Å². The van der Waals surface area contributed by atoms with Crippen LogP contribution in [0.1, 0.15) is 5.56 Å². The summed E-state index contributed by atoms with van der Waals surface area (Å²) in [5, 5.41) is 0. The molecule has 0 unspecified atom stereocenters. The van der Waals surface area contributed by atoms with E-state index in [-0.39, 0.29) is 0 Å². The fourth-order valence-corrected chi connectivity index (χ4v) is 0.792. The Morgan fingerprint density at radius 1 is 1.31 bits per heavy atom. The zero-order valence-corrected chi connectivity index (χ0v) is 7.14. The molecule has 0 heterocycles. The quantitative estimate of drug-likeness (QED) is 0.399. The third-order valence-corrected chi connectivity index (χ3v) is 1.41. The Kier molecular flexibility index (Phi) is 3.51. The van der Waals surface area contributed by atoms with Gasteiger partial charge in [-0.15, -0.1) is 0 Å². The van der Waals surface area contributed by atoms with Crippen LogP contribution >= 0.6 is 0 Å². The van der Waals surface area contributed by atoms with Gasteiger partial charge in [0.2, 0.25) is 0 Å². The minimum atomic E-state index is -0.452. The second-order valence-electron chi connectivity index (χ2n) is 2.35. The highest BCUT2D eigenvalue weighted by Crippen LogP contribution is 2.00. The van der Waals surface area contributed by atoms with E-state index in [0.29, 0.717) is 0 Å². The van der Waals surface area contributed by atoms with Crippen LogP contribution in [0.15, 0.2) is 49.2 Å². The zero-order chi connectivity index (χ0) is 9.52. The van der Waals surface area contributed by atoms with Crippen molar-refractivity contribution in [3.63, 3.8) is 0 Å². The summed E-state index contributed by atoms with van der Waals surface area (Å²) in [4.78, 5) is 10.6. The van der Waals surface area contributed by atoms with Gasteiger partial charge < -0.3 is 4.74 Å². The molecule has 1 aromatic rings. The molecule has 2 heteroatoms. The van der Waals surface area contributed by atoms with E-state index in [9.17, 15) is 4.79 Å². The zero-order valence-electron chi connectivity index (χ0n) is 7.14. The second-order valence-corrected chi connectivity index (χ2v) is 2.35. The second kappa shape index (κ2) is 4.93. The molecule has 0 radical (unpaired) electrons. The molecule has 66 valence electrons. The summed E-state index contributed by atoms with van der Waals surface area (Å²) in [5.74, 6) is -0.452. The van der Waals surface area contributed by atoms with E-state index in [1.807, 2.05) is 30.3 Å². The first-order chi connectivity index (χ1) is 6.33. The van der Waals surface area contributed by atoms with E-state index in [2.05, 4.69) is 11.3 Å². The Bertz CT molecular complexity index is 312. The molecule has 0 aliphatic rings. The van der Waals surface area contributed by atoms with Crippen molar-refractivity contribution in [3.05, 3.63) is 54.8 Å². The monoisotopic (exact) mass is 174 g/mol. The molecule has 0 aliphatic heterocycles. The lowest BCUT2D eigenvalue weighted by molar-refractivity contribution is -0.132. The van der Waals surface area contributed by atoms with E-state index < -0.39 is 5.97 Å². The smallest absolute Gasteiger partial charge is 0.334 e. The van der Waals surface area contributed by atoms with Gasteiger partial charge in [0.05, 0.1) is 6.26 Å². The van der Waals surface area contributed by atoms with Crippen molar-refractivity contribution in [2.45, 2.75) is 0 Å². The SMILES string of the molecule is C=CC(=O)O/C=C\c1ccccc1. The standard InChI is InChI=1S/C11H10O2/c1-2-11(12)13-9-8-10-6-4-3-5-7-10/h2-9H,1H2/b9-8-. The van der Waals surface area contributed by atoms with Crippen molar-refractivity contribution in [2.24, 2.45) is 0 Å².